The molecule has 2 aromatic rings. The molecule has 0 fully saturated rings. The molecule has 1 unspecified atom stereocenters. The van der Waals surface area contributed by atoms with Gasteiger partial charge in [0.1, 0.15) is 5.69 Å². The Labute approximate surface area is 134 Å². The smallest absolute Gasteiger partial charge is 0.319 e. The summed E-state index contributed by atoms with van der Waals surface area (Å²) in [5.74, 6) is 0.0190. The number of aliphatic hydroxyl groups excluding tert-OH is 1. The summed E-state index contributed by atoms with van der Waals surface area (Å²) >= 11 is 0. The minimum atomic E-state index is -0.438. The molecule has 0 saturated carbocycles. The van der Waals surface area contributed by atoms with E-state index in [1.165, 1.54) is 4.57 Å². The van der Waals surface area contributed by atoms with Gasteiger partial charge in [-0.1, -0.05) is 30.3 Å². The summed E-state index contributed by atoms with van der Waals surface area (Å²) in [5.41, 5.74) is 1.01. The number of aromatic nitrogens is 1. The Bertz CT molecular complexity index is 698. The number of hydrogen-bond acceptors (Lipinski definition) is 3. The van der Waals surface area contributed by atoms with E-state index < -0.39 is 6.03 Å². The van der Waals surface area contributed by atoms with E-state index in [9.17, 15) is 14.7 Å². The maximum atomic E-state index is 12.0. The molecular weight excluding hydrogens is 294 g/mol. The highest BCUT2D eigenvalue weighted by Crippen LogP contribution is 2.18. The van der Waals surface area contributed by atoms with Crippen LogP contribution in [0.2, 0.25) is 0 Å². The number of aliphatic hydroxyl groups is 1. The van der Waals surface area contributed by atoms with Crippen LogP contribution >= 0.6 is 0 Å². The molecule has 3 N–H and O–H groups in total. The summed E-state index contributed by atoms with van der Waals surface area (Å²) in [7, 11) is 1.62. The predicted molar refractivity (Wildman–Crippen MR) is 89.6 cm³/mol. The van der Waals surface area contributed by atoms with E-state index in [4.69, 9.17) is 0 Å². The standard InChI is InChI=1S/C17H21N3O3/c1-20-10-5-8-15(16(20)22)19-17(23)18-12-14(9-11-21)13-6-3-2-4-7-13/h2-8,10,14,21H,9,11-12H2,1H3,(H2,18,19,23). The summed E-state index contributed by atoms with van der Waals surface area (Å²) in [6, 6.07) is 12.5. The van der Waals surface area contributed by atoms with Crippen molar-refractivity contribution in [2.75, 3.05) is 18.5 Å². The lowest BCUT2D eigenvalue weighted by Gasteiger charge is -2.17. The third-order valence-electron chi connectivity index (χ3n) is 3.63. The quantitative estimate of drug-likeness (QED) is 0.758. The van der Waals surface area contributed by atoms with Gasteiger partial charge in [-0.05, 0) is 24.1 Å². The lowest BCUT2D eigenvalue weighted by Crippen LogP contribution is -2.35. The maximum absolute atomic E-state index is 12.0. The van der Waals surface area contributed by atoms with Crippen molar-refractivity contribution in [2.45, 2.75) is 12.3 Å². The molecule has 1 aromatic carbocycles. The number of carbonyl (C=O) groups excluding carboxylic acids is 1. The van der Waals surface area contributed by atoms with Crippen molar-refractivity contribution in [1.29, 1.82) is 0 Å². The molecule has 2 amide bonds. The minimum absolute atomic E-state index is 0.0190. The van der Waals surface area contributed by atoms with Crippen LogP contribution in [0.25, 0.3) is 0 Å². The van der Waals surface area contributed by atoms with Gasteiger partial charge in [0.15, 0.2) is 0 Å². The van der Waals surface area contributed by atoms with Gasteiger partial charge < -0.3 is 20.3 Å². The second-order valence-corrected chi connectivity index (χ2v) is 5.29. The second kappa shape index (κ2) is 8.14. The van der Waals surface area contributed by atoms with Crippen molar-refractivity contribution in [3.05, 3.63) is 64.6 Å². The fourth-order valence-corrected chi connectivity index (χ4v) is 2.34. The van der Waals surface area contributed by atoms with Gasteiger partial charge in [-0.2, -0.15) is 0 Å². The van der Waals surface area contributed by atoms with Crippen molar-refractivity contribution in [3.63, 3.8) is 0 Å². The predicted octanol–water partition coefficient (Wildman–Crippen LogP) is 1.67. The number of benzene rings is 1. The van der Waals surface area contributed by atoms with E-state index in [-0.39, 0.29) is 23.8 Å². The third kappa shape index (κ3) is 4.69. The van der Waals surface area contributed by atoms with Crippen LogP contribution in [0.5, 0.6) is 0 Å². The van der Waals surface area contributed by atoms with Crippen LogP contribution < -0.4 is 16.2 Å². The van der Waals surface area contributed by atoms with Crippen LogP contribution in [-0.4, -0.2) is 28.9 Å². The molecule has 0 spiro atoms. The Morgan fingerprint density at radius 1 is 1.22 bits per heavy atom. The van der Waals surface area contributed by atoms with E-state index in [0.717, 1.165) is 5.56 Å². The van der Waals surface area contributed by atoms with Crippen LogP contribution in [0.4, 0.5) is 10.5 Å². The van der Waals surface area contributed by atoms with Crippen molar-refractivity contribution < 1.29 is 9.90 Å². The minimum Gasteiger partial charge on any atom is -0.396 e. The fraction of sp³-hybridized carbons (Fsp3) is 0.294. The number of carbonyl (C=O) groups is 1. The van der Waals surface area contributed by atoms with E-state index >= 15 is 0 Å². The molecule has 0 bridgehead atoms. The van der Waals surface area contributed by atoms with Crippen LogP contribution in [0.15, 0.2) is 53.5 Å². The van der Waals surface area contributed by atoms with E-state index in [2.05, 4.69) is 10.6 Å². The molecule has 0 aliphatic heterocycles. The van der Waals surface area contributed by atoms with Gasteiger partial charge >= 0.3 is 6.03 Å². The highest BCUT2D eigenvalue weighted by molar-refractivity contribution is 5.88. The Morgan fingerprint density at radius 2 is 1.96 bits per heavy atom. The summed E-state index contributed by atoms with van der Waals surface area (Å²) in [6.45, 7) is 0.422. The lowest BCUT2D eigenvalue weighted by atomic mass is 9.96. The zero-order valence-corrected chi connectivity index (χ0v) is 13.0. The van der Waals surface area contributed by atoms with Crippen molar-refractivity contribution >= 4 is 11.7 Å². The molecule has 1 aromatic heterocycles. The van der Waals surface area contributed by atoms with Gasteiger partial charge in [0, 0.05) is 32.3 Å². The molecule has 2 rings (SSSR count). The molecule has 122 valence electrons. The molecule has 0 aliphatic rings. The Hall–Kier alpha value is -2.60. The van der Waals surface area contributed by atoms with Gasteiger partial charge in [-0.15, -0.1) is 0 Å². The van der Waals surface area contributed by atoms with Crippen LogP contribution in [-0.2, 0) is 7.05 Å². The molecule has 1 atom stereocenters. The number of amides is 2. The van der Waals surface area contributed by atoms with Gasteiger partial charge in [0.05, 0.1) is 0 Å². The number of rotatable bonds is 6. The van der Waals surface area contributed by atoms with Gasteiger partial charge in [0.25, 0.3) is 5.56 Å². The Kier molecular flexibility index (Phi) is 5.94. The molecule has 1 heterocycles. The number of hydrogen-bond donors (Lipinski definition) is 3. The lowest BCUT2D eigenvalue weighted by molar-refractivity contribution is 0.248. The zero-order valence-electron chi connectivity index (χ0n) is 13.0. The molecular formula is C17H21N3O3. The summed E-state index contributed by atoms with van der Waals surface area (Å²) in [4.78, 5) is 23.8. The van der Waals surface area contributed by atoms with Crippen LogP contribution in [0.3, 0.4) is 0 Å². The first kappa shape index (κ1) is 16.8. The summed E-state index contributed by atoms with van der Waals surface area (Å²) < 4.78 is 1.40. The topological polar surface area (TPSA) is 83.4 Å². The average Bonchev–Trinajstić information content (AvgIpc) is 2.56. The largest absolute Gasteiger partial charge is 0.396 e. The number of urea groups is 1. The first-order chi connectivity index (χ1) is 11.1. The van der Waals surface area contributed by atoms with Crippen LogP contribution in [0, 0.1) is 0 Å². The highest BCUT2D eigenvalue weighted by Gasteiger charge is 2.13. The number of pyridine rings is 1. The van der Waals surface area contributed by atoms with Crippen molar-refractivity contribution in [3.8, 4) is 0 Å². The van der Waals surface area contributed by atoms with Gasteiger partial charge in [-0.3, -0.25) is 4.79 Å². The summed E-state index contributed by atoms with van der Waals surface area (Å²) in [6.07, 6.45) is 2.18. The van der Waals surface area contributed by atoms with Gasteiger partial charge in [0.2, 0.25) is 0 Å². The maximum Gasteiger partial charge on any atom is 0.319 e. The number of nitrogens with zero attached hydrogens (tertiary/aromatic N) is 1. The molecule has 0 radical (unpaired) electrons. The van der Waals surface area contributed by atoms with Crippen LogP contribution in [0.1, 0.15) is 17.9 Å². The van der Waals surface area contributed by atoms with E-state index in [1.54, 1.807) is 25.4 Å². The Balaban J connectivity index is 1.96. The molecule has 0 saturated heterocycles. The van der Waals surface area contributed by atoms with Gasteiger partial charge in [-0.25, -0.2) is 4.79 Å². The Morgan fingerprint density at radius 3 is 2.65 bits per heavy atom. The number of anilines is 1. The third-order valence-corrected chi connectivity index (χ3v) is 3.63. The van der Waals surface area contributed by atoms with Crippen molar-refractivity contribution in [2.24, 2.45) is 7.05 Å². The second-order valence-electron chi connectivity index (χ2n) is 5.29. The average molecular weight is 315 g/mol. The fourth-order valence-electron chi connectivity index (χ4n) is 2.34. The van der Waals surface area contributed by atoms with E-state index in [0.29, 0.717) is 13.0 Å². The SMILES string of the molecule is Cn1cccc(NC(=O)NCC(CCO)c2ccccc2)c1=O. The zero-order chi connectivity index (χ0) is 16.7. The molecule has 6 heteroatoms. The van der Waals surface area contributed by atoms with Crippen molar-refractivity contribution in [1.82, 2.24) is 9.88 Å². The molecule has 6 nitrogen and oxygen atoms in total. The highest BCUT2D eigenvalue weighted by atomic mass is 16.3. The number of nitrogens with one attached hydrogen (secondary N) is 2. The molecule has 0 aliphatic carbocycles. The van der Waals surface area contributed by atoms with E-state index in [1.807, 2.05) is 30.3 Å². The monoisotopic (exact) mass is 315 g/mol. The normalized spacial score (nSPS) is 11.7. The number of aryl methyl sites for hydroxylation is 1. The summed E-state index contributed by atoms with van der Waals surface area (Å²) in [5, 5.41) is 14.5. The first-order valence-corrected chi connectivity index (χ1v) is 7.48. The first-order valence-electron chi connectivity index (χ1n) is 7.48. The molecule has 23 heavy (non-hydrogen) atoms.